The molecule has 0 saturated carbocycles. The van der Waals surface area contributed by atoms with Gasteiger partial charge in [-0.2, -0.15) is 0 Å². The highest BCUT2D eigenvalue weighted by molar-refractivity contribution is 5.76. The van der Waals surface area contributed by atoms with E-state index in [1.165, 1.54) is 340 Å². The standard InChI is InChI=1S/C87H169NO18/c1-3-5-7-9-11-13-15-17-19-21-23-25-27-29-31-33-35-36-38-40-42-44-46-48-50-52-54-56-58-60-62-64-71(92)70(88-75(93)65-63-61-59-57-55-53-51-49-47-45-43-41-39-37-34-32-30-28-26-24-22-20-18-16-14-12-10-8-6-4-2)69-101-85-81(99)78(96)83(73(67-90)103-85)106-87-82(100)79(97)84(74(68-91)104-87)105-86-80(98)77(95)76(94)72(66-89)102-86/h70-74,76-87,89-92,94-100H,3-69H2,1-2H3,(H,88,93). The van der Waals surface area contributed by atoms with Crippen LogP contribution < -0.4 is 5.32 Å². The van der Waals surface area contributed by atoms with Crippen LogP contribution in [0, 0.1) is 0 Å². The Labute approximate surface area is 646 Å². The van der Waals surface area contributed by atoms with E-state index in [0.29, 0.717) is 12.8 Å². The van der Waals surface area contributed by atoms with Crippen molar-refractivity contribution in [3.05, 3.63) is 0 Å². The fourth-order valence-corrected chi connectivity index (χ4v) is 16.0. The first kappa shape index (κ1) is 99.0. The van der Waals surface area contributed by atoms with Crippen LogP contribution in [0.1, 0.15) is 418 Å². The van der Waals surface area contributed by atoms with Crippen LogP contribution in [0.15, 0.2) is 0 Å². The molecule has 0 radical (unpaired) electrons. The summed E-state index contributed by atoms with van der Waals surface area (Å²) in [6.45, 7) is 1.89. The Kier molecular flexibility index (Phi) is 63.7. The van der Waals surface area contributed by atoms with Gasteiger partial charge in [-0.1, -0.05) is 399 Å². The van der Waals surface area contributed by atoms with Gasteiger partial charge in [-0.15, -0.1) is 0 Å². The fraction of sp³-hybridized carbons (Fsp3) is 0.989. The molecule has 19 heteroatoms. The molecule has 3 aliphatic rings. The Balaban J connectivity index is 1.32. The number of unbranched alkanes of at least 4 members (excludes halogenated alkanes) is 59. The average Bonchev–Trinajstić information content (AvgIpc) is 0.781. The van der Waals surface area contributed by atoms with E-state index in [1.54, 1.807) is 0 Å². The van der Waals surface area contributed by atoms with E-state index >= 15 is 0 Å². The van der Waals surface area contributed by atoms with Crippen LogP contribution in [0.5, 0.6) is 0 Å². The minimum absolute atomic E-state index is 0.231. The SMILES string of the molecule is CCCCCCCCCCCCCCCCCCCCCCCCCCCCCCCCCC(O)C(COC1OC(CO)C(OC2OC(CO)C(OC3OC(CO)C(O)C(O)C3O)C(O)C2O)C(O)C1O)NC(=O)CCCCCCCCCCCCCCCCCCCCCCCCCCCCCCCC. The molecule has 17 atom stereocenters. The molecule has 1 amide bonds. The lowest BCUT2D eigenvalue weighted by molar-refractivity contribution is -0.379. The lowest BCUT2D eigenvalue weighted by Gasteiger charge is -2.48. The molecule has 0 aromatic rings. The molecule has 0 aliphatic carbocycles. The van der Waals surface area contributed by atoms with Gasteiger partial charge in [0.25, 0.3) is 0 Å². The zero-order chi connectivity index (χ0) is 76.7. The van der Waals surface area contributed by atoms with Crippen molar-refractivity contribution < 1.29 is 89.4 Å². The van der Waals surface area contributed by atoms with Crippen LogP contribution in [0.3, 0.4) is 0 Å². The predicted octanol–water partition coefficient (Wildman–Crippen LogP) is 16.9. The lowest BCUT2D eigenvalue weighted by Crippen LogP contribution is -2.66. The highest BCUT2D eigenvalue weighted by Gasteiger charge is 2.54. The van der Waals surface area contributed by atoms with Crippen molar-refractivity contribution in [2.45, 2.75) is 523 Å². The van der Waals surface area contributed by atoms with E-state index in [-0.39, 0.29) is 18.9 Å². The van der Waals surface area contributed by atoms with Crippen molar-refractivity contribution in [2.75, 3.05) is 26.4 Å². The van der Waals surface area contributed by atoms with Crippen molar-refractivity contribution in [1.82, 2.24) is 5.32 Å². The normalized spacial score (nSPS) is 25.5. The lowest BCUT2D eigenvalue weighted by atomic mass is 9.96. The molecule has 630 valence electrons. The minimum Gasteiger partial charge on any atom is -0.394 e. The topological polar surface area (TPSA) is 307 Å². The van der Waals surface area contributed by atoms with E-state index < -0.39 is 124 Å². The molecule has 3 fully saturated rings. The summed E-state index contributed by atoms with van der Waals surface area (Å²) in [4.78, 5) is 13.5. The van der Waals surface area contributed by atoms with Gasteiger partial charge in [-0.3, -0.25) is 4.79 Å². The van der Waals surface area contributed by atoms with Crippen molar-refractivity contribution in [2.24, 2.45) is 0 Å². The number of aliphatic hydroxyl groups excluding tert-OH is 11. The number of carbonyl (C=O) groups excluding carboxylic acids is 1. The molecule has 0 spiro atoms. The Bertz CT molecular complexity index is 1910. The highest BCUT2D eigenvalue weighted by Crippen LogP contribution is 2.34. The first-order chi connectivity index (χ1) is 51.8. The van der Waals surface area contributed by atoms with Gasteiger partial charge in [0.05, 0.1) is 38.6 Å². The summed E-state index contributed by atoms with van der Waals surface area (Å²) in [5.74, 6) is -0.231. The maximum absolute atomic E-state index is 13.5. The van der Waals surface area contributed by atoms with Crippen LogP contribution >= 0.6 is 0 Å². The van der Waals surface area contributed by atoms with Crippen molar-refractivity contribution in [3.8, 4) is 0 Å². The molecule has 3 rings (SSSR count). The third-order valence-corrected chi connectivity index (χ3v) is 23.2. The largest absolute Gasteiger partial charge is 0.394 e. The molecule has 0 aromatic heterocycles. The number of carbonyl (C=O) groups is 1. The summed E-state index contributed by atoms with van der Waals surface area (Å²) >= 11 is 0. The Morgan fingerprint density at radius 3 is 0.821 bits per heavy atom. The van der Waals surface area contributed by atoms with Crippen molar-refractivity contribution in [1.29, 1.82) is 0 Å². The van der Waals surface area contributed by atoms with E-state index in [4.69, 9.17) is 28.4 Å². The van der Waals surface area contributed by atoms with Crippen LogP contribution in [-0.2, 0) is 33.2 Å². The van der Waals surface area contributed by atoms with Crippen LogP contribution in [0.25, 0.3) is 0 Å². The minimum atomic E-state index is -1.97. The van der Waals surface area contributed by atoms with Gasteiger partial charge in [-0.25, -0.2) is 0 Å². The fourth-order valence-electron chi connectivity index (χ4n) is 16.0. The van der Waals surface area contributed by atoms with Crippen LogP contribution in [-0.4, -0.2) is 193 Å². The molecule has 0 bridgehead atoms. The molecule has 12 N–H and O–H groups in total. The second kappa shape index (κ2) is 68.2. The van der Waals surface area contributed by atoms with Crippen LogP contribution in [0.4, 0.5) is 0 Å². The molecule has 3 aliphatic heterocycles. The zero-order valence-electron chi connectivity index (χ0n) is 68.0. The molecule has 17 unspecified atom stereocenters. The van der Waals surface area contributed by atoms with Crippen molar-refractivity contribution >= 4 is 5.91 Å². The predicted molar refractivity (Wildman–Crippen MR) is 425 cm³/mol. The number of aliphatic hydroxyl groups is 11. The maximum atomic E-state index is 13.5. The Hall–Kier alpha value is -1.21. The van der Waals surface area contributed by atoms with E-state index in [9.17, 15) is 61.0 Å². The molecule has 3 saturated heterocycles. The molecular weight excluding hydrogens is 1350 g/mol. The third-order valence-electron chi connectivity index (χ3n) is 23.2. The number of hydrogen-bond donors (Lipinski definition) is 12. The molecule has 3 heterocycles. The number of ether oxygens (including phenoxy) is 6. The second-order valence-electron chi connectivity index (χ2n) is 32.8. The number of rotatable bonds is 75. The first-order valence-corrected chi connectivity index (χ1v) is 45.3. The van der Waals surface area contributed by atoms with Gasteiger partial charge in [0.2, 0.25) is 5.91 Å². The van der Waals surface area contributed by atoms with E-state index in [1.807, 2.05) is 0 Å². The smallest absolute Gasteiger partial charge is 0.220 e. The molecule has 19 nitrogen and oxygen atoms in total. The van der Waals surface area contributed by atoms with E-state index in [2.05, 4.69) is 19.2 Å². The van der Waals surface area contributed by atoms with Gasteiger partial charge >= 0.3 is 0 Å². The van der Waals surface area contributed by atoms with Gasteiger partial charge < -0.3 is 89.9 Å². The number of hydrogen-bond acceptors (Lipinski definition) is 18. The van der Waals surface area contributed by atoms with Gasteiger partial charge in [0.15, 0.2) is 18.9 Å². The molecule has 106 heavy (non-hydrogen) atoms. The maximum Gasteiger partial charge on any atom is 0.220 e. The summed E-state index contributed by atoms with van der Waals surface area (Å²) in [5.41, 5.74) is 0. The van der Waals surface area contributed by atoms with Gasteiger partial charge in [-0.05, 0) is 12.8 Å². The summed E-state index contributed by atoms with van der Waals surface area (Å²) < 4.78 is 34.6. The highest BCUT2D eigenvalue weighted by atomic mass is 16.8. The zero-order valence-corrected chi connectivity index (χ0v) is 68.0. The quantitative estimate of drug-likeness (QED) is 0.0252. The monoisotopic (exact) mass is 1520 g/mol. The van der Waals surface area contributed by atoms with Crippen molar-refractivity contribution in [3.63, 3.8) is 0 Å². The molecule has 0 aromatic carbocycles. The third kappa shape index (κ3) is 46.8. The summed E-state index contributed by atoms with van der Waals surface area (Å²) in [6, 6.07) is -0.884. The summed E-state index contributed by atoms with van der Waals surface area (Å²) in [6.07, 6.45) is 55.0. The van der Waals surface area contributed by atoms with Gasteiger partial charge in [0.1, 0.15) is 73.2 Å². The Morgan fingerprint density at radius 1 is 0.302 bits per heavy atom. The number of amides is 1. The van der Waals surface area contributed by atoms with E-state index in [0.717, 1.165) is 44.9 Å². The first-order valence-electron chi connectivity index (χ1n) is 45.3. The summed E-state index contributed by atoms with van der Waals surface area (Å²) in [7, 11) is 0. The summed E-state index contributed by atoms with van der Waals surface area (Å²) in [5, 5.41) is 121. The van der Waals surface area contributed by atoms with Gasteiger partial charge in [0, 0.05) is 6.42 Å². The van der Waals surface area contributed by atoms with Crippen LogP contribution in [0.2, 0.25) is 0 Å². The number of nitrogens with one attached hydrogen (secondary N) is 1. The molecular formula is C87H169NO18. The second-order valence-corrected chi connectivity index (χ2v) is 32.8. The average molecular weight is 1520 g/mol. The Morgan fingerprint density at radius 2 is 0.538 bits per heavy atom.